The van der Waals surface area contributed by atoms with E-state index in [0.717, 1.165) is 10.8 Å². The van der Waals surface area contributed by atoms with Crippen LogP contribution in [0.3, 0.4) is 0 Å². The number of aromatic nitrogens is 2. The van der Waals surface area contributed by atoms with Gasteiger partial charge < -0.3 is 25.8 Å². The smallest absolute Gasteiger partial charge is 0.351 e. The van der Waals surface area contributed by atoms with Crippen molar-refractivity contribution in [3.8, 4) is 0 Å². The highest BCUT2D eigenvalue weighted by atomic mass is 35.5. The van der Waals surface area contributed by atoms with E-state index in [1.165, 1.54) is 0 Å². The standard InChI is InChI=1S/C9H12ClN3O5/c10-3-1-13(9(17)12-7(3)11)8-6(16)5(15)4(2-14)18-8/h1,4-6,8,14-16H,2H2,(H2,11,12,17)/t4-,5+,6-,8-/m1/s1. The van der Waals surface area contributed by atoms with Gasteiger partial charge in [-0.2, -0.15) is 4.98 Å². The maximum atomic E-state index is 11.6. The van der Waals surface area contributed by atoms with Gasteiger partial charge in [0.15, 0.2) is 6.23 Å². The third kappa shape index (κ3) is 2.08. The quantitative estimate of drug-likeness (QED) is 0.496. The molecule has 0 radical (unpaired) electrons. The highest BCUT2D eigenvalue weighted by Crippen LogP contribution is 2.29. The zero-order chi connectivity index (χ0) is 13.4. The lowest BCUT2D eigenvalue weighted by molar-refractivity contribution is -0.0549. The van der Waals surface area contributed by atoms with Crippen LogP contribution in [0.2, 0.25) is 5.02 Å². The second-order valence-corrected chi connectivity index (χ2v) is 4.30. The van der Waals surface area contributed by atoms with Gasteiger partial charge in [0.05, 0.1) is 11.6 Å². The first-order valence-corrected chi connectivity index (χ1v) is 5.50. The number of nitrogens with zero attached hydrogens (tertiary/aromatic N) is 2. The fraction of sp³-hybridized carbons (Fsp3) is 0.556. The van der Waals surface area contributed by atoms with E-state index in [-0.39, 0.29) is 10.8 Å². The Labute approximate surface area is 106 Å². The Balaban J connectivity index is 2.39. The molecule has 1 aliphatic rings. The molecule has 8 nitrogen and oxygen atoms in total. The number of hydrogen-bond acceptors (Lipinski definition) is 7. The Bertz CT molecular complexity index is 507. The summed E-state index contributed by atoms with van der Waals surface area (Å²) < 4.78 is 6.09. The second-order valence-electron chi connectivity index (χ2n) is 3.89. The first-order chi connectivity index (χ1) is 8.45. The number of aliphatic hydroxyl groups excluding tert-OH is 3. The maximum absolute atomic E-state index is 11.6. The number of anilines is 1. The average Bonchev–Trinajstić information content (AvgIpc) is 2.61. The Morgan fingerprint density at radius 2 is 2.17 bits per heavy atom. The molecule has 2 heterocycles. The van der Waals surface area contributed by atoms with E-state index in [1.54, 1.807) is 0 Å². The van der Waals surface area contributed by atoms with Gasteiger partial charge in [0.2, 0.25) is 0 Å². The van der Waals surface area contributed by atoms with Crippen LogP contribution in [0.1, 0.15) is 6.23 Å². The largest absolute Gasteiger partial charge is 0.394 e. The maximum Gasteiger partial charge on any atom is 0.351 e. The minimum atomic E-state index is -1.37. The fourth-order valence-corrected chi connectivity index (χ4v) is 1.90. The van der Waals surface area contributed by atoms with E-state index >= 15 is 0 Å². The lowest BCUT2D eigenvalue weighted by Gasteiger charge is -2.17. The van der Waals surface area contributed by atoms with Gasteiger partial charge in [-0.25, -0.2) is 4.79 Å². The predicted octanol–water partition coefficient (Wildman–Crippen LogP) is -1.91. The van der Waals surface area contributed by atoms with Crippen LogP contribution in [0.25, 0.3) is 0 Å². The SMILES string of the molecule is Nc1nc(=O)n([C@@H]2O[C@H](CO)[C@H](O)[C@H]2O)cc1Cl. The minimum absolute atomic E-state index is 0.0207. The Hall–Kier alpha value is -1.19. The van der Waals surface area contributed by atoms with E-state index in [9.17, 15) is 15.0 Å². The van der Waals surface area contributed by atoms with Crippen molar-refractivity contribution < 1.29 is 20.1 Å². The highest BCUT2D eigenvalue weighted by Gasteiger charge is 2.43. The molecule has 1 aromatic heterocycles. The first kappa shape index (κ1) is 13.2. The van der Waals surface area contributed by atoms with Crippen LogP contribution in [0.15, 0.2) is 11.0 Å². The number of nitrogen functional groups attached to an aromatic ring is 1. The summed E-state index contributed by atoms with van der Waals surface area (Å²) in [5.41, 5.74) is 4.58. The molecule has 18 heavy (non-hydrogen) atoms. The molecule has 0 bridgehead atoms. The zero-order valence-corrected chi connectivity index (χ0v) is 9.86. The van der Waals surface area contributed by atoms with Crippen molar-refractivity contribution in [2.75, 3.05) is 12.3 Å². The van der Waals surface area contributed by atoms with Crippen LogP contribution in [-0.4, -0.2) is 49.8 Å². The van der Waals surface area contributed by atoms with Crippen molar-refractivity contribution >= 4 is 17.4 Å². The number of nitrogens with two attached hydrogens (primary N) is 1. The van der Waals surface area contributed by atoms with Crippen molar-refractivity contribution in [2.24, 2.45) is 0 Å². The molecule has 2 rings (SSSR count). The lowest BCUT2D eigenvalue weighted by Crippen LogP contribution is -2.36. The average molecular weight is 278 g/mol. The Morgan fingerprint density at radius 3 is 2.72 bits per heavy atom. The van der Waals surface area contributed by atoms with E-state index < -0.39 is 36.8 Å². The topological polar surface area (TPSA) is 131 Å². The number of rotatable bonds is 2. The first-order valence-electron chi connectivity index (χ1n) is 5.12. The van der Waals surface area contributed by atoms with Gasteiger partial charge in [0.1, 0.15) is 24.1 Å². The third-order valence-corrected chi connectivity index (χ3v) is 3.02. The fourth-order valence-electron chi connectivity index (χ4n) is 1.75. The molecule has 9 heteroatoms. The Morgan fingerprint density at radius 1 is 1.50 bits per heavy atom. The number of ether oxygens (including phenoxy) is 1. The predicted molar refractivity (Wildman–Crippen MR) is 60.9 cm³/mol. The molecule has 1 aliphatic heterocycles. The molecule has 100 valence electrons. The van der Waals surface area contributed by atoms with Crippen LogP contribution < -0.4 is 11.4 Å². The zero-order valence-electron chi connectivity index (χ0n) is 9.10. The molecule has 0 aromatic carbocycles. The molecule has 0 unspecified atom stereocenters. The molecule has 0 saturated carbocycles. The number of aliphatic hydroxyl groups is 3. The Kier molecular flexibility index (Phi) is 3.55. The second kappa shape index (κ2) is 4.82. The normalized spacial score (nSPS) is 31.8. The highest BCUT2D eigenvalue weighted by molar-refractivity contribution is 6.32. The molecule has 0 aliphatic carbocycles. The van der Waals surface area contributed by atoms with Gasteiger partial charge >= 0.3 is 5.69 Å². The molecule has 4 atom stereocenters. The van der Waals surface area contributed by atoms with Crippen LogP contribution in [0.5, 0.6) is 0 Å². The number of hydrogen-bond donors (Lipinski definition) is 4. The van der Waals surface area contributed by atoms with Gasteiger partial charge in [-0.1, -0.05) is 11.6 Å². The molecular weight excluding hydrogens is 266 g/mol. The molecule has 0 amide bonds. The van der Waals surface area contributed by atoms with Gasteiger partial charge in [0, 0.05) is 6.20 Å². The minimum Gasteiger partial charge on any atom is -0.394 e. The van der Waals surface area contributed by atoms with E-state index in [4.69, 9.17) is 27.2 Å². The van der Waals surface area contributed by atoms with Crippen LogP contribution >= 0.6 is 11.6 Å². The van der Waals surface area contributed by atoms with Crippen molar-refractivity contribution in [3.05, 3.63) is 21.7 Å². The summed E-state index contributed by atoms with van der Waals surface area (Å²) in [6, 6.07) is 0. The third-order valence-electron chi connectivity index (χ3n) is 2.73. The molecule has 1 saturated heterocycles. The van der Waals surface area contributed by atoms with E-state index in [0.29, 0.717) is 0 Å². The molecule has 1 aromatic rings. The van der Waals surface area contributed by atoms with Crippen molar-refractivity contribution in [1.29, 1.82) is 0 Å². The van der Waals surface area contributed by atoms with Gasteiger partial charge in [0.25, 0.3) is 0 Å². The van der Waals surface area contributed by atoms with Gasteiger partial charge in [-0.05, 0) is 0 Å². The lowest BCUT2D eigenvalue weighted by atomic mass is 10.1. The summed E-state index contributed by atoms with van der Waals surface area (Å²) in [4.78, 5) is 15.1. The van der Waals surface area contributed by atoms with E-state index in [1.807, 2.05) is 0 Å². The summed E-state index contributed by atoms with van der Waals surface area (Å²) in [6.45, 7) is -0.486. The van der Waals surface area contributed by atoms with E-state index in [2.05, 4.69) is 4.98 Å². The van der Waals surface area contributed by atoms with Gasteiger partial charge in [-0.3, -0.25) is 4.57 Å². The van der Waals surface area contributed by atoms with Gasteiger partial charge in [-0.15, -0.1) is 0 Å². The van der Waals surface area contributed by atoms with Crippen LogP contribution in [0, 0.1) is 0 Å². The summed E-state index contributed by atoms with van der Waals surface area (Å²) in [5.74, 6) is -0.135. The molecular formula is C9H12ClN3O5. The van der Waals surface area contributed by atoms with Crippen LogP contribution in [0.4, 0.5) is 5.82 Å². The molecule has 1 fully saturated rings. The summed E-state index contributed by atoms with van der Waals surface area (Å²) in [5, 5.41) is 28.3. The van der Waals surface area contributed by atoms with Crippen LogP contribution in [-0.2, 0) is 4.74 Å². The molecule has 5 N–H and O–H groups in total. The summed E-state index contributed by atoms with van der Waals surface area (Å²) in [6.07, 6.45) is -3.67. The summed E-state index contributed by atoms with van der Waals surface area (Å²) in [7, 11) is 0. The summed E-state index contributed by atoms with van der Waals surface area (Å²) >= 11 is 5.72. The van der Waals surface area contributed by atoms with Crippen molar-refractivity contribution in [3.63, 3.8) is 0 Å². The monoisotopic (exact) mass is 277 g/mol. The molecule has 0 spiro atoms. The number of halogens is 1. The van der Waals surface area contributed by atoms with Crippen molar-refractivity contribution in [1.82, 2.24) is 9.55 Å². The van der Waals surface area contributed by atoms with Crippen molar-refractivity contribution in [2.45, 2.75) is 24.5 Å².